The summed E-state index contributed by atoms with van der Waals surface area (Å²) in [6, 6.07) is 1.51. The maximum atomic E-state index is 12.4. The summed E-state index contributed by atoms with van der Waals surface area (Å²) in [7, 11) is 0. The van der Waals surface area contributed by atoms with Gasteiger partial charge in [-0.05, 0) is 6.07 Å². The number of nitrogens with two attached hydrogens (primary N) is 1. The second-order valence-electron chi connectivity index (χ2n) is 5.98. The van der Waals surface area contributed by atoms with E-state index in [-0.39, 0.29) is 23.8 Å². The maximum Gasteiger partial charge on any atom is 0.406 e. The number of rotatable bonds is 5. The minimum Gasteiger partial charge on any atom is -0.364 e. The molecule has 0 spiro atoms. The third-order valence-corrected chi connectivity index (χ3v) is 4.69. The third-order valence-electron chi connectivity index (χ3n) is 3.93. The van der Waals surface area contributed by atoms with Crippen LogP contribution in [0.2, 0.25) is 0 Å². The van der Waals surface area contributed by atoms with Crippen molar-refractivity contribution >= 4 is 34.2 Å². The molecule has 1 aliphatic rings. The van der Waals surface area contributed by atoms with Gasteiger partial charge in [-0.2, -0.15) is 13.2 Å². The highest BCUT2D eigenvalue weighted by Crippen LogP contribution is 2.28. The molecule has 0 bridgehead atoms. The highest BCUT2D eigenvalue weighted by molar-refractivity contribution is 7.14. The summed E-state index contributed by atoms with van der Waals surface area (Å²) in [6.07, 6.45) is -3.25. The Labute approximate surface area is 154 Å². The molecular weight excluding hydrogens is 387 g/mol. The van der Waals surface area contributed by atoms with Crippen LogP contribution in [0, 0.1) is 5.92 Å². The summed E-state index contributed by atoms with van der Waals surface area (Å²) < 4.78 is 37.3. The minimum atomic E-state index is -4.51. The van der Waals surface area contributed by atoms with E-state index >= 15 is 0 Å². The standard InChI is InChI=1S/C15H14F3N5O3S/c16-15(17,18)6-23-4-8(2-11(23)24)13(26)22-14-21-10(5-27-14)7-1-9(12(19)25)20-3-7/h1,3,5,8,20H,2,4,6H2,(H2,19,25)(H,21,22,26). The van der Waals surface area contributed by atoms with Gasteiger partial charge in [-0.3, -0.25) is 14.4 Å². The van der Waals surface area contributed by atoms with E-state index in [0.29, 0.717) is 16.2 Å². The van der Waals surface area contributed by atoms with Crippen molar-refractivity contribution in [3.8, 4) is 11.3 Å². The van der Waals surface area contributed by atoms with Crippen molar-refractivity contribution in [2.24, 2.45) is 11.7 Å². The zero-order valence-corrected chi connectivity index (χ0v) is 14.5. The number of amides is 3. The van der Waals surface area contributed by atoms with Crippen LogP contribution in [0.5, 0.6) is 0 Å². The zero-order chi connectivity index (χ0) is 19.8. The first-order chi connectivity index (χ1) is 12.6. The average Bonchev–Trinajstić information content (AvgIpc) is 3.26. The lowest BCUT2D eigenvalue weighted by Crippen LogP contribution is -2.36. The molecule has 1 aliphatic heterocycles. The zero-order valence-electron chi connectivity index (χ0n) is 13.7. The average molecular weight is 401 g/mol. The summed E-state index contributed by atoms with van der Waals surface area (Å²) in [5.41, 5.74) is 6.44. The summed E-state index contributed by atoms with van der Waals surface area (Å²) in [6.45, 7) is -1.66. The molecule has 1 fully saturated rings. The molecule has 8 nitrogen and oxygen atoms in total. The Bertz CT molecular complexity index is 891. The molecule has 0 radical (unpaired) electrons. The first-order valence-corrected chi connectivity index (χ1v) is 8.60. The van der Waals surface area contributed by atoms with E-state index in [2.05, 4.69) is 15.3 Å². The number of halogens is 3. The number of nitrogens with zero attached hydrogens (tertiary/aromatic N) is 2. The first kappa shape index (κ1) is 18.9. The van der Waals surface area contributed by atoms with Crippen molar-refractivity contribution in [3.63, 3.8) is 0 Å². The van der Waals surface area contributed by atoms with Gasteiger partial charge in [0.2, 0.25) is 11.8 Å². The Morgan fingerprint density at radius 1 is 1.44 bits per heavy atom. The Morgan fingerprint density at radius 3 is 2.81 bits per heavy atom. The van der Waals surface area contributed by atoms with Crippen molar-refractivity contribution < 1.29 is 27.6 Å². The second-order valence-corrected chi connectivity index (χ2v) is 6.84. The Morgan fingerprint density at radius 2 is 2.19 bits per heavy atom. The van der Waals surface area contributed by atoms with Gasteiger partial charge in [0.05, 0.1) is 11.6 Å². The van der Waals surface area contributed by atoms with Crippen molar-refractivity contribution in [1.29, 1.82) is 0 Å². The summed E-state index contributed by atoms with van der Waals surface area (Å²) in [5.74, 6) is -2.78. The predicted molar refractivity (Wildman–Crippen MR) is 89.8 cm³/mol. The molecule has 0 saturated carbocycles. The monoisotopic (exact) mass is 401 g/mol. The van der Waals surface area contributed by atoms with Crippen LogP contribution in [0.15, 0.2) is 17.6 Å². The molecule has 1 saturated heterocycles. The lowest BCUT2D eigenvalue weighted by atomic mass is 10.1. The summed E-state index contributed by atoms with van der Waals surface area (Å²) >= 11 is 1.11. The Kier molecular flexibility index (Phi) is 4.91. The van der Waals surface area contributed by atoms with Gasteiger partial charge in [0.15, 0.2) is 5.13 Å². The van der Waals surface area contributed by atoms with Gasteiger partial charge in [0, 0.05) is 30.1 Å². The largest absolute Gasteiger partial charge is 0.406 e. The normalized spacial score (nSPS) is 17.4. The maximum absolute atomic E-state index is 12.4. The van der Waals surface area contributed by atoms with Gasteiger partial charge in [0.25, 0.3) is 5.91 Å². The SMILES string of the molecule is NC(=O)c1cc(-c2csc(NC(=O)C3CC(=O)N(CC(F)(F)F)C3)n2)c[nH]1. The van der Waals surface area contributed by atoms with Crippen LogP contribution >= 0.6 is 11.3 Å². The van der Waals surface area contributed by atoms with E-state index in [1.54, 1.807) is 5.38 Å². The van der Waals surface area contributed by atoms with Crippen LogP contribution in [0.3, 0.4) is 0 Å². The quantitative estimate of drug-likeness (QED) is 0.704. The van der Waals surface area contributed by atoms with Crippen molar-refractivity contribution in [2.45, 2.75) is 12.6 Å². The number of aromatic nitrogens is 2. The smallest absolute Gasteiger partial charge is 0.364 e. The summed E-state index contributed by atoms with van der Waals surface area (Å²) in [4.78, 5) is 42.5. The number of thiazole rings is 1. The lowest BCUT2D eigenvalue weighted by Gasteiger charge is -2.18. The van der Waals surface area contributed by atoms with Gasteiger partial charge in [0.1, 0.15) is 12.2 Å². The van der Waals surface area contributed by atoms with E-state index in [4.69, 9.17) is 5.73 Å². The number of H-pyrrole nitrogens is 1. The number of anilines is 1. The number of likely N-dealkylation sites (tertiary alicyclic amines) is 1. The van der Waals surface area contributed by atoms with Crippen LogP contribution < -0.4 is 11.1 Å². The Balaban J connectivity index is 1.62. The van der Waals surface area contributed by atoms with Crippen LogP contribution in [0.4, 0.5) is 18.3 Å². The van der Waals surface area contributed by atoms with Crippen LogP contribution in [0.1, 0.15) is 16.9 Å². The van der Waals surface area contributed by atoms with E-state index in [1.165, 1.54) is 12.3 Å². The molecule has 4 N–H and O–H groups in total. The molecule has 12 heteroatoms. The number of carbonyl (C=O) groups excluding carboxylic acids is 3. The molecule has 2 aromatic rings. The molecule has 27 heavy (non-hydrogen) atoms. The number of primary amides is 1. The number of hydrogen-bond acceptors (Lipinski definition) is 5. The second kappa shape index (κ2) is 7.02. The van der Waals surface area contributed by atoms with E-state index in [0.717, 1.165) is 11.3 Å². The molecule has 0 aliphatic carbocycles. The van der Waals surface area contributed by atoms with Gasteiger partial charge >= 0.3 is 6.18 Å². The molecule has 2 aromatic heterocycles. The van der Waals surface area contributed by atoms with Gasteiger partial charge in [-0.1, -0.05) is 0 Å². The molecular formula is C15H14F3N5O3S. The highest BCUT2D eigenvalue weighted by atomic mass is 32.1. The highest BCUT2D eigenvalue weighted by Gasteiger charge is 2.40. The number of hydrogen-bond donors (Lipinski definition) is 3. The molecule has 0 aromatic carbocycles. The Hall–Kier alpha value is -2.89. The van der Waals surface area contributed by atoms with E-state index < -0.39 is 36.4 Å². The van der Waals surface area contributed by atoms with E-state index in [1.807, 2.05) is 0 Å². The molecule has 3 amide bonds. The molecule has 144 valence electrons. The van der Waals surface area contributed by atoms with Gasteiger partial charge < -0.3 is 20.9 Å². The van der Waals surface area contributed by atoms with E-state index in [9.17, 15) is 27.6 Å². The van der Waals surface area contributed by atoms with Crippen molar-refractivity contribution in [1.82, 2.24) is 14.9 Å². The van der Waals surface area contributed by atoms with Gasteiger partial charge in [-0.15, -0.1) is 11.3 Å². The fraction of sp³-hybridized carbons (Fsp3) is 0.333. The predicted octanol–water partition coefficient (Wildman–Crippen LogP) is 1.59. The van der Waals surface area contributed by atoms with Gasteiger partial charge in [-0.25, -0.2) is 4.98 Å². The molecule has 3 rings (SSSR count). The molecule has 1 atom stereocenters. The number of aromatic amines is 1. The first-order valence-electron chi connectivity index (χ1n) is 7.72. The van der Waals surface area contributed by atoms with Crippen LogP contribution in [0.25, 0.3) is 11.3 Å². The third kappa shape index (κ3) is 4.45. The topological polar surface area (TPSA) is 121 Å². The van der Waals surface area contributed by atoms with Crippen molar-refractivity contribution in [3.05, 3.63) is 23.3 Å². The fourth-order valence-electron chi connectivity index (χ4n) is 2.67. The fourth-order valence-corrected chi connectivity index (χ4v) is 3.40. The van der Waals surface area contributed by atoms with Crippen molar-refractivity contribution in [2.75, 3.05) is 18.4 Å². The minimum absolute atomic E-state index is 0.206. The summed E-state index contributed by atoms with van der Waals surface area (Å²) in [5, 5.41) is 4.39. The number of nitrogens with one attached hydrogen (secondary N) is 2. The molecule has 1 unspecified atom stereocenters. The lowest BCUT2D eigenvalue weighted by molar-refractivity contribution is -0.157. The number of alkyl halides is 3. The van der Waals surface area contributed by atoms with Crippen LogP contribution in [-0.4, -0.2) is 51.9 Å². The molecule has 3 heterocycles. The number of carbonyl (C=O) groups is 3. The van der Waals surface area contributed by atoms with Crippen LogP contribution in [-0.2, 0) is 9.59 Å².